The van der Waals surface area contributed by atoms with Crippen LogP contribution in [0.3, 0.4) is 0 Å². The molecular weight excluding hydrogens is 348 g/mol. The van der Waals surface area contributed by atoms with Crippen LogP contribution in [0.4, 0.5) is 0 Å². The number of hydrogen-bond donors (Lipinski definition) is 0. The smallest absolute Gasteiger partial charge is 0.118 e. The van der Waals surface area contributed by atoms with E-state index in [9.17, 15) is 0 Å². The van der Waals surface area contributed by atoms with Crippen LogP contribution >= 0.6 is 0 Å². The van der Waals surface area contributed by atoms with Crippen molar-refractivity contribution >= 4 is 0 Å². The summed E-state index contributed by atoms with van der Waals surface area (Å²) in [6, 6.07) is 26.5. The molecule has 0 atom stereocenters. The van der Waals surface area contributed by atoms with Crippen molar-refractivity contribution in [1.82, 2.24) is 9.78 Å². The number of aromatic nitrogens is 2. The Morgan fingerprint density at radius 1 is 0.679 bits per heavy atom. The zero-order chi connectivity index (χ0) is 19.5. The molecule has 4 aromatic rings. The number of ether oxygens (including phenoxy) is 2. The summed E-state index contributed by atoms with van der Waals surface area (Å²) in [5.41, 5.74) is 6.30. The van der Waals surface area contributed by atoms with Crippen LogP contribution in [-0.2, 0) is 0 Å². The highest BCUT2D eigenvalue weighted by Crippen LogP contribution is 2.30. The SMILES string of the molecule is COc1ccc(-c2cc(-c3ccc(OC)cc3)n(-c3ccc(C)cc3)n2)cc1. The Hall–Kier alpha value is -3.53. The quantitative estimate of drug-likeness (QED) is 0.463. The molecule has 0 unspecified atom stereocenters. The van der Waals surface area contributed by atoms with Gasteiger partial charge in [0.2, 0.25) is 0 Å². The molecule has 0 N–H and O–H groups in total. The van der Waals surface area contributed by atoms with E-state index in [4.69, 9.17) is 14.6 Å². The molecule has 0 saturated carbocycles. The van der Waals surface area contributed by atoms with E-state index in [0.29, 0.717) is 0 Å². The minimum Gasteiger partial charge on any atom is -0.497 e. The lowest BCUT2D eigenvalue weighted by Crippen LogP contribution is -1.99. The van der Waals surface area contributed by atoms with E-state index in [1.165, 1.54) is 5.56 Å². The van der Waals surface area contributed by atoms with Crippen molar-refractivity contribution in [2.75, 3.05) is 14.2 Å². The van der Waals surface area contributed by atoms with Gasteiger partial charge in [0.15, 0.2) is 0 Å². The molecule has 0 saturated heterocycles. The fourth-order valence-corrected chi connectivity index (χ4v) is 3.13. The summed E-state index contributed by atoms with van der Waals surface area (Å²) in [6.45, 7) is 2.08. The van der Waals surface area contributed by atoms with Crippen molar-refractivity contribution in [2.24, 2.45) is 0 Å². The fourth-order valence-electron chi connectivity index (χ4n) is 3.13. The van der Waals surface area contributed by atoms with Crippen molar-refractivity contribution in [3.8, 4) is 39.7 Å². The molecule has 0 spiro atoms. The maximum atomic E-state index is 5.30. The summed E-state index contributed by atoms with van der Waals surface area (Å²) in [6.07, 6.45) is 0. The third kappa shape index (κ3) is 3.49. The van der Waals surface area contributed by atoms with Crippen molar-refractivity contribution in [2.45, 2.75) is 6.92 Å². The zero-order valence-corrected chi connectivity index (χ0v) is 16.2. The molecule has 4 rings (SSSR count). The molecule has 4 nitrogen and oxygen atoms in total. The Morgan fingerprint density at radius 3 is 1.75 bits per heavy atom. The third-order valence-corrected chi connectivity index (χ3v) is 4.76. The lowest BCUT2D eigenvalue weighted by molar-refractivity contribution is 0.414. The molecule has 28 heavy (non-hydrogen) atoms. The predicted octanol–water partition coefficient (Wildman–Crippen LogP) is 5.53. The molecular formula is C24H22N2O2. The average Bonchev–Trinajstić information content (AvgIpc) is 3.20. The summed E-state index contributed by atoms with van der Waals surface area (Å²) in [7, 11) is 3.34. The molecule has 4 heteroatoms. The molecule has 0 amide bonds. The Morgan fingerprint density at radius 2 is 1.21 bits per heavy atom. The Labute approximate surface area is 165 Å². The van der Waals surface area contributed by atoms with Gasteiger partial charge in [-0.15, -0.1) is 0 Å². The topological polar surface area (TPSA) is 36.3 Å². The minimum absolute atomic E-state index is 0.831. The third-order valence-electron chi connectivity index (χ3n) is 4.76. The highest BCUT2D eigenvalue weighted by Gasteiger charge is 2.13. The summed E-state index contributed by atoms with van der Waals surface area (Å²) >= 11 is 0. The van der Waals surface area contributed by atoms with E-state index >= 15 is 0 Å². The van der Waals surface area contributed by atoms with Crippen LogP contribution in [0.1, 0.15) is 5.56 Å². The number of nitrogens with zero attached hydrogens (tertiary/aromatic N) is 2. The maximum absolute atomic E-state index is 5.30. The van der Waals surface area contributed by atoms with Crippen molar-refractivity contribution in [3.63, 3.8) is 0 Å². The van der Waals surface area contributed by atoms with Crippen LogP contribution in [0.25, 0.3) is 28.2 Å². The standard InChI is InChI=1S/C24H22N2O2/c1-17-4-10-20(11-5-17)26-24(19-8-14-22(28-3)15-9-19)16-23(25-26)18-6-12-21(27-2)13-7-18/h4-16H,1-3H3. The normalized spacial score (nSPS) is 10.7. The van der Waals surface area contributed by atoms with Crippen LogP contribution in [-0.4, -0.2) is 24.0 Å². The van der Waals surface area contributed by atoms with Gasteiger partial charge in [0, 0.05) is 11.1 Å². The van der Waals surface area contributed by atoms with E-state index in [1.54, 1.807) is 14.2 Å². The first-order chi connectivity index (χ1) is 13.7. The molecule has 0 fully saturated rings. The van der Waals surface area contributed by atoms with Gasteiger partial charge in [-0.05, 0) is 73.7 Å². The Bertz CT molecular complexity index is 1060. The Balaban J connectivity index is 1.83. The minimum atomic E-state index is 0.831. The molecule has 0 aliphatic heterocycles. The van der Waals surface area contributed by atoms with E-state index in [-0.39, 0.29) is 0 Å². The molecule has 3 aromatic carbocycles. The van der Waals surface area contributed by atoms with Gasteiger partial charge >= 0.3 is 0 Å². The van der Waals surface area contributed by atoms with E-state index in [0.717, 1.165) is 39.7 Å². The van der Waals surface area contributed by atoms with Gasteiger partial charge in [-0.1, -0.05) is 17.7 Å². The molecule has 0 aliphatic rings. The lowest BCUT2D eigenvalue weighted by Gasteiger charge is -2.08. The van der Waals surface area contributed by atoms with Gasteiger partial charge in [-0.25, -0.2) is 4.68 Å². The van der Waals surface area contributed by atoms with Crippen LogP contribution < -0.4 is 9.47 Å². The van der Waals surface area contributed by atoms with Crippen LogP contribution in [0.5, 0.6) is 11.5 Å². The molecule has 140 valence electrons. The second-order valence-corrected chi connectivity index (χ2v) is 6.62. The highest BCUT2D eigenvalue weighted by molar-refractivity contribution is 5.71. The molecule has 0 radical (unpaired) electrons. The van der Waals surface area contributed by atoms with Gasteiger partial charge in [0.05, 0.1) is 31.3 Å². The number of rotatable bonds is 5. The number of methoxy groups -OCH3 is 2. The summed E-state index contributed by atoms with van der Waals surface area (Å²) in [5.74, 6) is 1.66. The fraction of sp³-hybridized carbons (Fsp3) is 0.125. The number of aryl methyl sites for hydroxylation is 1. The van der Waals surface area contributed by atoms with Crippen LogP contribution in [0.15, 0.2) is 78.9 Å². The maximum Gasteiger partial charge on any atom is 0.118 e. The van der Waals surface area contributed by atoms with Gasteiger partial charge < -0.3 is 9.47 Å². The summed E-state index contributed by atoms with van der Waals surface area (Å²) < 4.78 is 12.6. The largest absolute Gasteiger partial charge is 0.497 e. The van der Waals surface area contributed by atoms with E-state index < -0.39 is 0 Å². The van der Waals surface area contributed by atoms with Gasteiger partial charge in [-0.2, -0.15) is 5.10 Å². The average molecular weight is 370 g/mol. The summed E-state index contributed by atoms with van der Waals surface area (Å²) in [4.78, 5) is 0. The zero-order valence-electron chi connectivity index (χ0n) is 16.2. The first-order valence-electron chi connectivity index (χ1n) is 9.14. The van der Waals surface area contributed by atoms with Crippen molar-refractivity contribution in [3.05, 3.63) is 84.4 Å². The van der Waals surface area contributed by atoms with Crippen molar-refractivity contribution < 1.29 is 9.47 Å². The van der Waals surface area contributed by atoms with Crippen molar-refractivity contribution in [1.29, 1.82) is 0 Å². The number of benzene rings is 3. The second kappa shape index (κ2) is 7.61. The van der Waals surface area contributed by atoms with Crippen LogP contribution in [0.2, 0.25) is 0 Å². The molecule has 0 bridgehead atoms. The summed E-state index contributed by atoms with van der Waals surface area (Å²) in [5, 5.41) is 4.90. The highest BCUT2D eigenvalue weighted by atomic mass is 16.5. The predicted molar refractivity (Wildman–Crippen MR) is 112 cm³/mol. The van der Waals surface area contributed by atoms with Gasteiger partial charge in [0.1, 0.15) is 11.5 Å². The van der Waals surface area contributed by atoms with Gasteiger partial charge in [0.25, 0.3) is 0 Å². The van der Waals surface area contributed by atoms with E-state index in [1.807, 2.05) is 41.1 Å². The van der Waals surface area contributed by atoms with Crippen LogP contribution in [0, 0.1) is 6.92 Å². The first kappa shape index (κ1) is 17.9. The Kier molecular flexibility index (Phi) is 4.85. The second-order valence-electron chi connectivity index (χ2n) is 6.62. The number of hydrogen-bond acceptors (Lipinski definition) is 3. The molecule has 0 aliphatic carbocycles. The van der Waals surface area contributed by atoms with Gasteiger partial charge in [-0.3, -0.25) is 0 Å². The van der Waals surface area contributed by atoms with E-state index in [2.05, 4.69) is 49.4 Å². The first-order valence-corrected chi connectivity index (χ1v) is 9.14. The molecule has 1 heterocycles. The lowest BCUT2D eigenvalue weighted by atomic mass is 10.1. The monoisotopic (exact) mass is 370 g/mol. The molecule has 1 aromatic heterocycles.